The number of aromatic nitrogens is 1. The summed E-state index contributed by atoms with van der Waals surface area (Å²) in [6, 6.07) is 8.63. The van der Waals surface area contributed by atoms with Crippen LogP contribution in [0.15, 0.2) is 24.3 Å². The van der Waals surface area contributed by atoms with Gasteiger partial charge in [-0.3, -0.25) is 0 Å². The van der Waals surface area contributed by atoms with E-state index >= 15 is 0 Å². The Bertz CT molecular complexity index is 400. The first-order chi connectivity index (χ1) is 7.36. The van der Waals surface area contributed by atoms with Crippen LogP contribution < -0.4 is 0 Å². The van der Waals surface area contributed by atoms with Crippen LogP contribution in [-0.4, -0.2) is 4.57 Å². The van der Waals surface area contributed by atoms with E-state index in [-0.39, 0.29) is 0 Å². The molecule has 0 bridgehead atoms. The van der Waals surface area contributed by atoms with Gasteiger partial charge in [-0.05, 0) is 24.5 Å². The highest BCUT2D eigenvalue weighted by molar-refractivity contribution is 5.83. The Morgan fingerprint density at radius 1 is 1.13 bits per heavy atom. The van der Waals surface area contributed by atoms with E-state index < -0.39 is 0 Å². The number of para-hydroxylation sites is 1. The van der Waals surface area contributed by atoms with Crippen molar-refractivity contribution in [3.63, 3.8) is 0 Å². The van der Waals surface area contributed by atoms with E-state index in [0.717, 1.165) is 13.0 Å². The Balaban J connectivity index is 2.52. The van der Waals surface area contributed by atoms with E-state index in [4.69, 9.17) is 0 Å². The molecule has 0 aliphatic carbocycles. The van der Waals surface area contributed by atoms with E-state index in [1.54, 1.807) is 0 Å². The van der Waals surface area contributed by atoms with Gasteiger partial charge in [0.15, 0.2) is 0 Å². The van der Waals surface area contributed by atoms with Crippen LogP contribution >= 0.6 is 0 Å². The lowest BCUT2D eigenvalue weighted by molar-refractivity contribution is 0.695. The number of hydrogen-bond acceptors (Lipinski definition) is 0. The third-order valence-electron chi connectivity index (χ3n) is 2.74. The number of rotatable bonds is 4. The van der Waals surface area contributed by atoms with E-state index in [2.05, 4.69) is 48.9 Å². The predicted octanol–water partition coefficient (Wildman–Crippen LogP) is 3.80. The minimum atomic E-state index is 1.07. The fourth-order valence-corrected chi connectivity index (χ4v) is 2.09. The molecule has 1 nitrogen and oxygen atoms in total. The Hall–Kier alpha value is -1.24. The van der Waals surface area contributed by atoms with Gasteiger partial charge in [0, 0.05) is 17.4 Å². The summed E-state index contributed by atoms with van der Waals surface area (Å²) < 4.78 is 2.26. The van der Waals surface area contributed by atoms with Crippen LogP contribution in [0.5, 0.6) is 0 Å². The van der Waals surface area contributed by atoms with E-state index in [1.165, 1.54) is 29.3 Å². The lowest BCUT2D eigenvalue weighted by Gasteiger charge is -2.00. The maximum Gasteiger partial charge on any atom is 0.0694 e. The largest absolute Gasteiger partial charge is 0.339 e. The van der Waals surface area contributed by atoms with Gasteiger partial charge in [-0.2, -0.15) is 0 Å². The monoisotopic (exact) mass is 200 g/mol. The summed E-state index contributed by atoms with van der Waals surface area (Å²) in [5, 5.41) is 1.38. The standard InChI is InChI=1S/C14H18N/c1-3-7-12-11-15(10-4-2)14-9-6-5-8-13(12)14/h5-6,8-9H,3-4,7,10H2,1-2H3. The summed E-state index contributed by atoms with van der Waals surface area (Å²) >= 11 is 0. The molecule has 0 spiro atoms. The summed E-state index contributed by atoms with van der Waals surface area (Å²) in [5.74, 6) is 0. The average molecular weight is 200 g/mol. The molecule has 1 heterocycles. The van der Waals surface area contributed by atoms with E-state index in [1.807, 2.05) is 0 Å². The van der Waals surface area contributed by atoms with E-state index in [9.17, 15) is 0 Å². The molecular formula is C14H18N. The summed E-state index contributed by atoms with van der Waals surface area (Å²) in [7, 11) is 0. The van der Waals surface area contributed by atoms with Crippen molar-refractivity contribution in [3.05, 3.63) is 36.0 Å². The number of hydrogen-bond donors (Lipinski definition) is 0. The lowest BCUT2D eigenvalue weighted by atomic mass is 10.1. The van der Waals surface area contributed by atoms with Crippen molar-refractivity contribution in [2.24, 2.45) is 0 Å². The van der Waals surface area contributed by atoms with Crippen LogP contribution in [0, 0.1) is 6.20 Å². The third-order valence-corrected chi connectivity index (χ3v) is 2.74. The van der Waals surface area contributed by atoms with Crippen molar-refractivity contribution in [3.8, 4) is 0 Å². The molecule has 0 atom stereocenters. The molecule has 0 fully saturated rings. The van der Waals surface area contributed by atoms with Gasteiger partial charge in [0.25, 0.3) is 0 Å². The predicted molar refractivity (Wildman–Crippen MR) is 65.1 cm³/mol. The molecule has 0 saturated heterocycles. The molecule has 0 saturated carbocycles. The highest BCUT2D eigenvalue weighted by atomic mass is 14.9. The molecule has 0 unspecified atom stereocenters. The quantitative estimate of drug-likeness (QED) is 0.707. The molecule has 0 N–H and O–H groups in total. The van der Waals surface area contributed by atoms with Gasteiger partial charge < -0.3 is 4.57 Å². The summed E-state index contributed by atoms with van der Waals surface area (Å²) in [6.45, 7) is 5.51. The van der Waals surface area contributed by atoms with Crippen LogP contribution in [0.25, 0.3) is 10.9 Å². The normalized spacial score (nSPS) is 11.1. The van der Waals surface area contributed by atoms with E-state index in [0.29, 0.717) is 0 Å². The molecule has 1 aromatic carbocycles. The van der Waals surface area contributed by atoms with Crippen molar-refractivity contribution in [1.29, 1.82) is 0 Å². The number of fused-ring (bicyclic) bond motifs is 1. The van der Waals surface area contributed by atoms with Crippen LogP contribution in [0.3, 0.4) is 0 Å². The van der Waals surface area contributed by atoms with Crippen molar-refractivity contribution in [2.75, 3.05) is 0 Å². The second kappa shape index (κ2) is 4.52. The fraction of sp³-hybridized carbons (Fsp3) is 0.429. The maximum atomic E-state index is 3.51. The van der Waals surface area contributed by atoms with Crippen LogP contribution in [-0.2, 0) is 13.0 Å². The zero-order valence-electron chi connectivity index (χ0n) is 9.59. The van der Waals surface area contributed by atoms with Crippen LogP contribution in [0.2, 0.25) is 0 Å². The zero-order chi connectivity index (χ0) is 10.7. The lowest BCUT2D eigenvalue weighted by Crippen LogP contribution is -1.94. The molecule has 79 valence electrons. The van der Waals surface area contributed by atoms with Gasteiger partial charge in [-0.1, -0.05) is 38.5 Å². The SMILES string of the molecule is CCCc1[c]n(CCC)c2ccccc12. The third kappa shape index (κ3) is 1.92. The maximum absolute atomic E-state index is 3.51. The summed E-state index contributed by atoms with van der Waals surface area (Å²) in [5.41, 5.74) is 2.71. The van der Waals surface area contributed by atoms with Crippen molar-refractivity contribution < 1.29 is 0 Å². The highest BCUT2D eigenvalue weighted by Crippen LogP contribution is 2.22. The average Bonchev–Trinajstić information content (AvgIpc) is 2.59. The molecule has 1 aromatic heterocycles. The minimum absolute atomic E-state index is 1.07. The molecule has 2 aromatic rings. The van der Waals surface area contributed by atoms with Gasteiger partial charge in [-0.25, -0.2) is 0 Å². The van der Waals surface area contributed by atoms with Crippen LogP contribution in [0.1, 0.15) is 32.3 Å². The summed E-state index contributed by atoms with van der Waals surface area (Å²) in [6.07, 6.45) is 7.00. The van der Waals surface area contributed by atoms with Gasteiger partial charge in [0.05, 0.1) is 6.20 Å². The first kappa shape index (κ1) is 10.3. The molecule has 2 rings (SSSR count). The van der Waals surface area contributed by atoms with Gasteiger partial charge >= 0.3 is 0 Å². The molecule has 1 radical (unpaired) electrons. The molecule has 1 heteroatoms. The Kier molecular flexibility index (Phi) is 3.10. The van der Waals surface area contributed by atoms with Gasteiger partial charge in [0.2, 0.25) is 0 Å². The van der Waals surface area contributed by atoms with Crippen molar-refractivity contribution in [1.82, 2.24) is 4.57 Å². The molecule has 0 amide bonds. The van der Waals surface area contributed by atoms with Gasteiger partial charge in [-0.15, -0.1) is 0 Å². The smallest absolute Gasteiger partial charge is 0.0694 e. The minimum Gasteiger partial charge on any atom is -0.339 e. The molecule has 0 aliphatic heterocycles. The second-order valence-electron chi connectivity index (χ2n) is 4.01. The molecular weight excluding hydrogens is 182 g/mol. The Labute approximate surface area is 91.7 Å². The number of nitrogens with zero attached hydrogens (tertiary/aromatic N) is 1. The Morgan fingerprint density at radius 2 is 1.93 bits per heavy atom. The second-order valence-corrected chi connectivity index (χ2v) is 4.01. The Morgan fingerprint density at radius 3 is 2.67 bits per heavy atom. The highest BCUT2D eigenvalue weighted by Gasteiger charge is 2.06. The first-order valence-electron chi connectivity index (χ1n) is 5.86. The fourth-order valence-electron chi connectivity index (χ4n) is 2.09. The first-order valence-corrected chi connectivity index (χ1v) is 5.86. The summed E-state index contributed by atoms with van der Waals surface area (Å²) in [4.78, 5) is 0. The molecule has 15 heavy (non-hydrogen) atoms. The number of benzene rings is 1. The van der Waals surface area contributed by atoms with Crippen molar-refractivity contribution >= 4 is 10.9 Å². The zero-order valence-corrected chi connectivity index (χ0v) is 9.59. The van der Waals surface area contributed by atoms with Crippen LogP contribution in [0.4, 0.5) is 0 Å². The topological polar surface area (TPSA) is 4.93 Å². The molecule has 0 aliphatic rings. The van der Waals surface area contributed by atoms with Gasteiger partial charge in [0.1, 0.15) is 0 Å². The number of aryl methyl sites for hydroxylation is 2. The van der Waals surface area contributed by atoms with Crippen molar-refractivity contribution in [2.45, 2.75) is 39.7 Å².